The molecule has 0 bridgehead atoms. The number of amides is 2. The summed E-state index contributed by atoms with van der Waals surface area (Å²) in [5.41, 5.74) is 3.06. The van der Waals surface area contributed by atoms with Crippen molar-refractivity contribution >= 4 is 17.5 Å². The first-order valence-corrected chi connectivity index (χ1v) is 9.21. The lowest BCUT2D eigenvalue weighted by Gasteiger charge is -2.34. The summed E-state index contributed by atoms with van der Waals surface area (Å²) >= 11 is 0. The molecule has 2 N–H and O–H groups in total. The number of hydrogen-bond donors (Lipinski definition) is 2. The Bertz CT molecular complexity index is 619. The van der Waals surface area contributed by atoms with Crippen molar-refractivity contribution < 1.29 is 9.59 Å². The van der Waals surface area contributed by atoms with Crippen LogP contribution in [-0.4, -0.2) is 41.9 Å². The van der Waals surface area contributed by atoms with Crippen molar-refractivity contribution in [1.29, 1.82) is 0 Å². The Morgan fingerprint density at radius 2 is 1.76 bits per heavy atom. The molecule has 5 nitrogen and oxygen atoms in total. The van der Waals surface area contributed by atoms with Gasteiger partial charge in [0.15, 0.2) is 0 Å². The molecular formula is C20H31N3O2. The Hall–Kier alpha value is -1.88. The molecule has 138 valence electrons. The van der Waals surface area contributed by atoms with Crippen LogP contribution < -0.4 is 10.6 Å². The number of nitrogens with one attached hydrogen (secondary N) is 2. The van der Waals surface area contributed by atoms with E-state index in [9.17, 15) is 9.59 Å². The van der Waals surface area contributed by atoms with Gasteiger partial charge in [0.2, 0.25) is 11.8 Å². The van der Waals surface area contributed by atoms with Gasteiger partial charge in [0.1, 0.15) is 0 Å². The van der Waals surface area contributed by atoms with Crippen molar-refractivity contribution in [3.63, 3.8) is 0 Å². The average Bonchev–Trinajstić information content (AvgIpc) is 2.58. The number of likely N-dealkylation sites (tertiary alicyclic amines) is 1. The summed E-state index contributed by atoms with van der Waals surface area (Å²) < 4.78 is 0. The standard InChI is InChI=1S/C20H31N3O2/c1-13(2)20(25)23-10-8-17(9-11-23)21-16(5)19(24)22-18-12-14(3)6-7-15(18)4/h6-7,12-13,16-17,21H,8-11H2,1-5H3,(H,22,24). The van der Waals surface area contributed by atoms with Crippen LogP contribution in [0.2, 0.25) is 0 Å². The molecule has 0 saturated carbocycles. The zero-order valence-corrected chi connectivity index (χ0v) is 16.1. The molecule has 1 aromatic rings. The van der Waals surface area contributed by atoms with Gasteiger partial charge in [0.25, 0.3) is 0 Å². The number of nitrogens with zero attached hydrogens (tertiary/aromatic N) is 1. The molecule has 5 heteroatoms. The molecule has 0 radical (unpaired) electrons. The highest BCUT2D eigenvalue weighted by Crippen LogP contribution is 2.17. The molecule has 25 heavy (non-hydrogen) atoms. The molecule has 1 heterocycles. The Labute approximate surface area is 151 Å². The topological polar surface area (TPSA) is 61.4 Å². The second-order valence-electron chi connectivity index (χ2n) is 7.45. The van der Waals surface area contributed by atoms with Gasteiger partial charge in [0.05, 0.1) is 6.04 Å². The van der Waals surface area contributed by atoms with Gasteiger partial charge in [-0.2, -0.15) is 0 Å². The summed E-state index contributed by atoms with van der Waals surface area (Å²) in [4.78, 5) is 26.4. The lowest BCUT2D eigenvalue weighted by atomic mass is 10.0. The maximum atomic E-state index is 12.5. The number of carbonyl (C=O) groups is 2. The summed E-state index contributed by atoms with van der Waals surface area (Å²) in [6.07, 6.45) is 1.78. The van der Waals surface area contributed by atoms with Gasteiger partial charge in [0, 0.05) is 30.7 Å². The Morgan fingerprint density at radius 1 is 1.12 bits per heavy atom. The first-order chi connectivity index (χ1) is 11.8. The normalized spacial score (nSPS) is 16.8. The molecule has 1 saturated heterocycles. The Kier molecular flexibility index (Phi) is 6.59. The quantitative estimate of drug-likeness (QED) is 0.863. The van der Waals surface area contributed by atoms with Crippen molar-refractivity contribution in [1.82, 2.24) is 10.2 Å². The summed E-state index contributed by atoms with van der Waals surface area (Å²) in [7, 11) is 0. The highest BCUT2D eigenvalue weighted by Gasteiger charge is 2.26. The van der Waals surface area contributed by atoms with Gasteiger partial charge < -0.3 is 15.5 Å². The predicted octanol–water partition coefficient (Wildman–Crippen LogP) is 2.87. The molecular weight excluding hydrogens is 314 g/mol. The molecule has 1 aliphatic rings. The third-order valence-corrected chi connectivity index (χ3v) is 4.83. The first-order valence-electron chi connectivity index (χ1n) is 9.21. The number of anilines is 1. The third-order valence-electron chi connectivity index (χ3n) is 4.83. The molecule has 1 unspecified atom stereocenters. The summed E-state index contributed by atoms with van der Waals surface area (Å²) in [5.74, 6) is 0.250. The number of benzene rings is 1. The lowest BCUT2D eigenvalue weighted by Crippen LogP contribution is -2.50. The van der Waals surface area contributed by atoms with Crippen molar-refractivity contribution in [2.45, 2.75) is 59.5 Å². The third kappa shape index (κ3) is 5.30. The van der Waals surface area contributed by atoms with E-state index in [0.29, 0.717) is 0 Å². The number of rotatable bonds is 5. The second-order valence-corrected chi connectivity index (χ2v) is 7.45. The molecule has 0 aromatic heterocycles. The first kappa shape index (κ1) is 19.4. The van der Waals surface area contributed by atoms with E-state index in [4.69, 9.17) is 0 Å². The molecule has 2 amide bonds. The van der Waals surface area contributed by atoms with E-state index in [1.54, 1.807) is 0 Å². The fourth-order valence-electron chi connectivity index (χ4n) is 3.17. The van der Waals surface area contributed by atoms with E-state index in [1.165, 1.54) is 0 Å². The fourth-order valence-corrected chi connectivity index (χ4v) is 3.17. The van der Waals surface area contributed by atoms with E-state index in [0.717, 1.165) is 42.7 Å². The van der Waals surface area contributed by atoms with Crippen LogP contribution in [0.15, 0.2) is 18.2 Å². The van der Waals surface area contributed by atoms with Gasteiger partial charge in [-0.05, 0) is 50.8 Å². The maximum Gasteiger partial charge on any atom is 0.241 e. The van der Waals surface area contributed by atoms with E-state index in [1.807, 2.05) is 57.7 Å². The van der Waals surface area contributed by atoms with Gasteiger partial charge in [-0.1, -0.05) is 26.0 Å². The molecule has 0 spiro atoms. The molecule has 1 atom stereocenters. The minimum atomic E-state index is -0.266. The lowest BCUT2D eigenvalue weighted by molar-refractivity contribution is -0.135. The minimum absolute atomic E-state index is 0.0191. The van der Waals surface area contributed by atoms with Crippen molar-refractivity contribution in [3.05, 3.63) is 29.3 Å². The van der Waals surface area contributed by atoms with E-state index in [2.05, 4.69) is 10.6 Å². The van der Waals surface area contributed by atoms with Crippen LogP contribution in [-0.2, 0) is 9.59 Å². The predicted molar refractivity (Wildman–Crippen MR) is 102 cm³/mol. The van der Waals surface area contributed by atoms with E-state index in [-0.39, 0.29) is 29.8 Å². The Morgan fingerprint density at radius 3 is 2.36 bits per heavy atom. The summed E-state index contributed by atoms with van der Waals surface area (Å²) in [6, 6.07) is 6.06. The number of hydrogen-bond acceptors (Lipinski definition) is 3. The Balaban J connectivity index is 1.84. The number of piperidine rings is 1. The van der Waals surface area contributed by atoms with Gasteiger partial charge in [-0.3, -0.25) is 9.59 Å². The van der Waals surface area contributed by atoms with Crippen LogP contribution in [0.5, 0.6) is 0 Å². The molecule has 0 aliphatic carbocycles. The van der Waals surface area contributed by atoms with Gasteiger partial charge >= 0.3 is 0 Å². The fraction of sp³-hybridized carbons (Fsp3) is 0.600. The molecule has 1 fully saturated rings. The smallest absolute Gasteiger partial charge is 0.241 e. The zero-order chi connectivity index (χ0) is 18.6. The van der Waals surface area contributed by atoms with Crippen molar-refractivity contribution in [2.24, 2.45) is 5.92 Å². The minimum Gasteiger partial charge on any atom is -0.342 e. The van der Waals surface area contributed by atoms with Crippen molar-refractivity contribution in [3.8, 4) is 0 Å². The van der Waals surface area contributed by atoms with Crippen LogP contribution in [0, 0.1) is 19.8 Å². The summed E-state index contributed by atoms with van der Waals surface area (Å²) in [5, 5.41) is 6.43. The monoisotopic (exact) mass is 345 g/mol. The maximum absolute atomic E-state index is 12.5. The van der Waals surface area contributed by atoms with Gasteiger partial charge in [-0.15, -0.1) is 0 Å². The highest BCUT2D eigenvalue weighted by molar-refractivity contribution is 5.95. The largest absolute Gasteiger partial charge is 0.342 e. The molecule has 2 rings (SSSR count). The van der Waals surface area contributed by atoms with Crippen LogP contribution in [0.25, 0.3) is 0 Å². The van der Waals surface area contributed by atoms with Crippen molar-refractivity contribution in [2.75, 3.05) is 18.4 Å². The van der Waals surface area contributed by atoms with Crippen LogP contribution in [0.1, 0.15) is 44.7 Å². The van der Waals surface area contributed by atoms with Crippen LogP contribution >= 0.6 is 0 Å². The average molecular weight is 345 g/mol. The summed E-state index contributed by atoms with van der Waals surface area (Å²) in [6.45, 7) is 11.3. The van der Waals surface area contributed by atoms with E-state index >= 15 is 0 Å². The zero-order valence-electron chi connectivity index (χ0n) is 16.1. The number of aryl methyl sites for hydroxylation is 2. The van der Waals surface area contributed by atoms with E-state index < -0.39 is 0 Å². The van der Waals surface area contributed by atoms with Crippen LogP contribution in [0.4, 0.5) is 5.69 Å². The molecule has 1 aliphatic heterocycles. The van der Waals surface area contributed by atoms with Crippen LogP contribution in [0.3, 0.4) is 0 Å². The number of carbonyl (C=O) groups excluding carboxylic acids is 2. The van der Waals surface area contributed by atoms with Gasteiger partial charge in [-0.25, -0.2) is 0 Å². The molecule has 1 aromatic carbocycles. The SMILES string of the molecule is Cc1ccc(C)c(NC(=O)C(C)NC2CCN(C(=O)C(C)C)CC2)c1. The second kappa shape index (κ2) is 8.48. The highest BCUT2D eigenvalue weighted by atomic mass is 16.2.